The Morgan fingerprint density at radius 2 is 1.92 bits per heavy atom. The van der Waals surface area contributed by atoms with Crippen LogP contribution in [-0.2, 0) is 0 Å². The minimum absolute atomic E-state index is 0.0570. The van der Waals surface area contributed by atoms with Gasteiger partial charge in [0.05, 0.1) is 12.0 Å². The van der Waals surface area contributed by atoms with E-state index >= 15 is 0 Å². The minimum Gasteiger partial charge on any atom is -0.496 e. The number of alkyl halides is 2. The molecule has 0 amide bonds. The molecule has 126 valence electrons. The first kappa shape index (κ1) is 18.1. The van der Waals surface area contributed by atoms with Crippen LogP contribution in [0.15, 0.2) is 47.4 Å². The molecule has 2 aromatic carbocycles. The third-order valence-corrected chi connectivity index (χ3v) is 3.81. The Labute approximate surface area is 140 Å². The van der Waals surface area contributed by atoms with Gasteiger partial charge in [0.2, 0.25) is 0 Å². The van der Waals surface area contributed by atoms with E-state index in [1.807, 2.05) is 0 Å². The molecule has 0 unspecified atom stereocenters. The average Bonchev–Trinajstić information content (AvgIpc) is 2.53. The molecule has 0 aliphatic heterocycles. The Bertz CT molecular complexity index is 775. The van der Waals surface area contributed by atoms with Gasteiger partial charge in [0.25, 0.3) is 5.76 Å². The van der Waals surface area contributed by atoms with Crippen molar-refractivity contribution >= 4 is 23.6 Å². The van der Waals surface area contributed by atoms with Gasteiger partial charge < -0.3 is 4.74 Å². The maximum Gasteiger partial charge on any atom is 0.289 e. The second kappa shape index (κ2) is 8.01. The number of halogens is 4. The normalized spacial score (nSPS) is 11.2. The molecule has 0 aromatic heterocycles. The SMILES string of the molecule is COc1cc(C(=O)/C=C/c2ccc(F)cc2F)ccc1SC(F)F. The smallest absolute Gasteiger partial charge is 0.289 e. The molecular weight excluding hydrogens is 344 g/mol. The van der Waals surface area contributed by atoms with Gasteiger partial charge in [0.15, 0.2) is 5.78 Å². The second-order valence-electron chi connectivity index (χ2n) is 4.61. The maximum absolute atomic E-state index is 13.5. The highest BCUT2D eigenvalue weighted by molar-refractivity contribution is 7.99. The summed E-state index contributed by atoms with van der Waals surface area (Å²) in [5.74, 6) is -4.44. The molecule has 2 aromatic rings. The Kier molecular flexibility index (Phi) is 6.03. The number of carbonyl (C=O) groups is 1. The number of ether oxygens (including phenoxy) is 1. The van der Waals surface area contributed by atoms with Gasteiger partial charge in [-0.1, -0.05) is 11.8 Å². The third kappa shape index (κ3) is 4.61. The van der Waals surface area contributed by atoms with Crippen molar-refractivity contribution in [2.75, 3.05) is 7.11 Å². The molecule has 0 bridgehead atoms. The molecule has 2 rings (SSSR count). The first-order chi connectivity index (χ1) is 11.4. The van der Waals surface area contributed by atoms with Gasteiger partial charge >= 0.3 is 0 Å². The topological polar surface area (TPSA) is 26.3 Å². The fourth-order valence-electron chi connectivity index (χ4n) is 1.91. The molecule has 7 heteroatoms. The van der Waals surface area contributed by atoms with Crippen molar-refractivity contribution in [3.63, 3.8) is 0 Å². The summed E-state index contributed by atoms with van der Waals surface area (Å²) in [6.07, 6.45) is 2.33. The van der Waals surface area contributed by atoms with E-state index in [1.54, 1.807) is 0 Å². The van der Waals surface area contributed by atoms with Gasteiger partial charge in [0.1, 0.15) is 17.4 Å². The molecule has 0 N–H and O–H groups in total. The quantitative estimate of drug-likeness (QED) is 0.309. The summed E-state index contributed by atoms with van der Waals surface area (Å²) < 4.78 is 56.2. The zero-order valence-corrected chi connectivity index (χ0v) is 13.2. The predicted molar refractivity (Wildman–Crippen MR) is 84.6 cm³/mol. The molecule has 2 nitrogen and oxygen atoms in total. The molecule has 0 heterocycles. The van der Waals surface area contributed by atoms with Gasteiger partial charge in [-0.3, -0.25) is 4.79 Å². The van der Waals surface area contributed by atoms with Crippen LogP contribution in [0, 0.1) is 11.6 Å². The molecule has 0 spiro atoms. The molecule has 0 aliphatic rings. The van der Waals surface area contributed by atoms with Gasteiger partial charge in [-0.15, -0.1) is 0 Å². The standard InChI is InChI=1S/C17H12F4O2S/c1-23-15-8-11(4-7-16(15)24-17(20)21)14(22)6-3-10-2-5-12(18)9-13(10)19/h2-9,17H,1H3/b6-3+. The van der Waals surface area contributed by atoms with Crippen LogP contribution >= 0.6 is 11.8 Å². The lowest BCUT2D eigenvalue weighted by Crippen LogP contribution is -1.97. The number of hydrogen-bond acceptors (Lipinski definition) is 3. The lowest BCUT2D eigenvalue weighted by atomic mass is 10.1. The second-order valence-corrected chi connectivity index (χ2v) is 5.64. The number of carbonyl (C=O) groups excluding carboxylic acids is 1. The van der Waals surface area contributed by atoms with Crippen LogP contribution in [0.25, 0.3) is 6.08 Å². The van der Waals surface area contributed by atoms with Crippen molar-refractivity contribution in [1.82, 2.24) is 0 Å². The molecule has 0 saturated heterocycles. The van der Waals surface area contributed by atoms with E-state index in [1.165, 1.54) is 37.5 Å². The van der Waals surface area contributed by atoms with Gasteiger partial charge in [-0.05, 0) is 42.5 Å². The molecule has 0 saturated carbocycles. The largest absolute Gasteiger partial charge is 0.496 e. The summed E-state index contributed by atoms with van der Waals surface area (Å²) in [4.78, 5) is 12.3. The highest BCUT2D eigenvalue weighted by atomic mass is 32.2. The lowest BCUT2D eigenvalue weighted by Gasteiger charge is -2.08. The summed E-state index contributed by atoms with van der Waals surface area (Å²) in [5.41, 5.74) is 0.255. The van der Waals surface area contributed by atoms with E-state index in [0.29, 0.717) is 17.8 Å². The van der Waals surface area contributed by atoms with Crippen molar-refractivity contribution < 1.29 is 27.1 Å². The van der Waals surface area contributed by atoms with Crippen LogP contribution in [0.2, 0.25) is 0 Å². The van der Waals surface area contributed by atoms with Crippen LogP contribution in [0.1, 0.15) is 15.9 Å². The summed E-state index contributed by atoms with van der Waals surface area (Å²) in [6.45, 7) is 0. The predicted octanol–water partition coefficient (Wildman–Crippen LogP) is 5.18. The molecule has 0 aliphatic carbocycles. The molecule has 0 fully saturated rings. The zero-order chi connectivity index (χ0) is 17.7. The van der Waals surface area contributed by atoms with Crippen LogP contribution in [-0.4, -0.2) is 18.7 Å². The molecule has 24 heavy (non-hydrogen) atoms. The number of allylic oxidation sites excluding steroid dienone is 1. The summed E-state index contributed by atoms with van der Waals surface area (Å²) in [6, 6.07) is 7.06. The summed E-state index contributed by atoms with van der Waals surface area (Å²) in [5, 5.41) is 0. The van der Waals surface area contributed by atoms with E-state index in [-0.39, 0.29) is 21.8 Å². The molecule has 0 radical (unpaired) electrons. The van der Waals surface area contributed by atoms with Crippen LogP contribution in [0.3, 0.4) is 0 Å². The number of ketones is 1. The molecular formula is C17H12F4O2S. The fraction of sp³-hybridized carbons (Fsp3) is 0.118. The van der Waals surface area contributed by atoms with Crippen molar-refractivity contribution in [1.29, 1.82) is 0 Å². The third-order valence-electron chi connectivity index (χ3n) is 3.04. The van der Waals surface area contributed by atoms with E-state index in [9.17, 15) is 22.4 Å². The van der Waals surface area contributed by atoms with Crippen LogP contribution in [0.5, 0.6) is 5.75 Å². The van der Waals surface area contributed by atoms with E-state index in [4.69, 9.17) is 4.74 Å². The number of thioether (sulfide) groups is 1. The highest BCUT2D eigenvalue weighted by Gasteiger charge is 2.13. The number of hydrogen-bond donors (Lipinski definition) is 0. The average molecular weight is 356 g/mol. The Morgan fingerprint density at radius 1 is 1.17 bits per heavy atom. The number of rotatable bonds is 6. The Balaban J connectivity index is 2.21. The summed E-state index contributed by atoms with van der Waals surface area (Å²) in [7, 11) is 1.31. The fourth-order valence-corrected chi connectivity index (χ4v) is 2.51. The zero-order valence-electron chi connectivity index (χ0n) is 12.4. The van der Waals surface area contributed by atoms with Crippen molar-refractivity contribution in [3.05, 3.63) is 65.2 Å². The Hall–Kier alpha value is -2.28. The first-order valence-electron chi connectivity index (χ1n) is 6.71. The molecule has 0 atom stereocenters. The number of benzene rings is 2. The van der Waals surface area contributed by atoms with Crippen molar-refractivity contribution in [3.8, 4) is 5.75 Å². The lowest BCUT2D eigenvalue weighted by molar-refractivity contribution is 0.104. The van der Waals surface area contributed by atoms with Gasteiger partial charge in [-0.25, -0.2) is 8.78 Å². The summed E-state index contributed by atoms with van der Waals surface area (Å²) >= 11 is 0.311. The van der Waals surface area contributed by atoms with Crippen molar-refractivity contribution in [2.45, 2.75) is 10.7 Å². The highest BCUT2D eigenvalue weighted by Crippen LogP contribution is 2.34. The number of methoxy groups -OCH3 is 1. The van der Waals surface area contributed by atoms with E-state index in [2.05, 4.69) is 0 Å². The Morgan fingerprint density at radius 3 is 2.54 bits per heavy atom. The van der Waals surface area contributed by atoms with Gasteiger partial charge in [0, 0.05) is 17.2 Å². The van der Waals surface area contributed by atoms with Crippen LogP contribution in [0.4, 0.5) is 17.6 Å². The van der Waals surface area contributed by atoms with E-state index in [0.717, 1.165) is 12.1 Å². The minimum atomic E-state index is -2.61. The first-order valence-corrected chi connectivity index (χ1v) is 7.59. The van der Waals surface area contributed by atoms with E-state index < -0.39 is 23.2 Å². The van der Waals surface area contributed by atoms with Gasteiger partial charge in [-0.2, -0.15) is 8.78 Å². The maximum atomic E-state index is 13.5. The van der Waals surface area contributed by atoms with Crippen molar-refractivity contribution in [2.24, 2.45) is 0 Å². The monoisotopic (exact) mass is 356 g/mol. The van der Waals surface area contributed by atoms with Crippen LogP contribution < -0.4 is 4.74 Å².